The second kappa shape index (κ2) is 8.34. The molecule has 1 rings (SSSR count). The van der Waals surface area contributed by atoms with Gasteiger partial charge in [-0.2, -0.15) is 5.26 Å². The first-order valence-electron chi connectivity index (χ1n) is 5.68. The SMILES string of the molecule is COCCNCc1ccc(OC)cc1OCC#N. The van der Waals surface area contributed by atoms with Gasteiger partial charge in [-0.15, -0.1) is 0 Å². The number of rotatable bonds is 8. The van der Waals surface area contributed by atoms with E-state index in [0.717, 1.165) is 12.1 Å². The fraction of sp³-hybridized carbons (Fsp3) is 0.462. The van der Waals surface area contributed by atoms with Gasteiger partial charge < -0.3 is 19.5 Å². The zero-order chi connectivity index (χ0) is 13.2. The Morgan fingerprint density at radius 3 is 2.83 bits per heavy atom. The van der Waals surface area contributed by atoms with E-state index < -0.39 is 0 Å². The zero-order valence-corrected chi connectivity index (χ0v) is 10.7. The Morgan fingerprint density at radius 2 is 2.17 bits per heavy atom. The van der Waals surface area contributed by atoms with Crippen molar-refractivity contribution in [3.05, 3.63) is 23.8 Å². The lowest BCUT2D eigenvalue weighted by molar-refractivity contribution is 0.199. The monoisotopic (exact) mass is 250 g/mol. The summed E-state index contributed by atoms with van der Waals surface area (Å²) in [5.41, 5.74) is 0.988. The first-order chi connectivity index (χ1) is 8.81. The maximum Gasteiger partial charge on any atom is 0.174 e. The smallest absolute Gasteiger partial charge is 0.174 e. The summed E-state index contributed by atoms with van der Waals surface area (Å²) < 4.78 is 15.5. The molecule has 0 radical (unpaired) electrons. The molecule has 98 valence electrons. The molecule has 1 N–H and O–H groups in total. The molecular formula is C13H18N2O3. The third-order valence-electron chi connectivity index (χ3n) is 2.36. The fourth-order valence-electron chi connectivity index (χ4n) is 1.45. The van der Waals surface area contributed by atoms with Crippen molar-refractivity contribution in [1.29, 1.82) is 5.26 Å². The quantitative estimate of drug-likeness (QED) is 0.705. The van der Waals surface area contributed by atoms with E-state index in [1.807, 2.05) is 18.2 Å². The van der Waals surface area contributed by atoms with Crippen LogP contribution in [0.2, 0.25) is 0 Å². The first-order valence-corrected chi connectivity index (χ1v) is 5.68. The summed E-state index contributed by atoms with van der Waals surface area (Å²) in [5, 5.41) is 11.8. The molecule has 1 aromatic carbocycles. The molecule has 0 fully saturated rings. The molecule has 0 bridgehead atoms. The lowest BCUT2D eigenvalue weighted by Gasteiger charge is -2.11. The number of nitrogens with one attached hydrogen (secondary N) is 1. The van der Waals surface area contributed by atoms with Gasteiger partial charge in [-0.25, -0.2) is 0 Å². The van der Waals surface area contributed by atoms with Gasteiger partial charge in [0.2, 0.25) is 0 Å². The summed E-state index contributed by atoms with van der Waals surface area (Å²) in [4.78, 5) is 0. The van der Waals surface area contributed by atoms with Gasteiger partial charge in [0, 0.05) is 31.8 Å². The van der Waals surface area contributed by atoms with Crippen LogP contribution in [0, 0.1) is 11.3 Å². The molecule has 0 saturated carbocycles. The average molecular weight is 250 g/mol. The van der Waals surface area contributed by atoms with E-state index in [0.29, 0.717) is 24.7 Å². The highest BCUT2D eigenvalue weighted by molar-refractivity contribution is 5.40. The number of nitriles is 1. The Balaban J connectivity index is 2.66. The molecule has 0 saturated heterocycles. The fourth-order valence-corrected chi connectivity index (χ4v) is 1.45. The molecule has 0 aliphatic heterocycles. The number of benzene rings is 1. The minimum atomic E-state index is 0.0260. The minimum absolute atomic E-state index is 0.0260. The Labute approximate surface area is 107 Å². The van der Waals surface area contributed by atoms with Crippen molar-refractivity contribution >= 4 is 0 Å². The van der Waals surface area contributed by atoms with Crippen molar-refractivity contribution in [1.82, 2.24) is 5.32 Å². The number of ether oxygens (including phenoxy) is 3. The van der Waals surface area contributed by atoms with Crippen LogP contribution in [-0.4, -0.2) is 34.0 Å². The van der Waals surface area contributed by atoms with Crippen molar-refractivity contribution in [2.24, 2.45) is 0 Å². The normalized spacial score (nSPS) is 9.83. The van der Waals surface area contributed by atoms with Gasteiger partial charge >= 0.3 is 0 Å². The molecule has 0 heterocycles. The predicted octanol–water partition coefficient (Wildman–Crippen LogP) is 1.33. The number of hydrogen-bond acceptors (Lipinski definition) is 5. The Morgan fingerprint density at radius 1 is 1.33 bits per heavy atom. The van der Waals surface area contributed by atoms with Gasteiger partial charge in [0.1, 0.15) is 17.6 Å². The van der Waals surface area contributed by atoms with Crippen LogP contribution in [0.1, 0.15) is 5.56 Å². The van der Waals surface area contributed by atoms with Gasteiger partial charge in [0.25, 0.3) is 0 Å². The standard InChI is InChI=1S/C13H18N2O3/c1-16-8-6-15-10-11-3-4-12(17-2)9-13(11)18-7-5-14/h3-4,9,15H,6-8,10H2,1-2H3. The third kappa shape index (κ3) is 4.62. The lowest BCUT2D eigenvalue weighted by atomic mass is 10.2. The Kier molecular flexibility index (Phi) is 6.62. The van der Waals surface area contributed by atoms with Crippen molar-refractivity contribution < 1.29 is 14.2 Å². The molecule has 0 aliphatic rings. The molecule has 0 atom stereocenters. The van der Waals surface area contributed by atoms with Crippen LogP contribution in [0.4, 0.5) is 0 Å². The number of hydrogen-bond donors (Lipinski definition) is 1. The average Bonchev–Trinajstić information content (AvgIpc) is 2.42. The first kappa shape index (κ1) is 14.3. The second-order valence-corrected chi connectivity index (χ2v) is 3.59. The van der Waals surface area contributed by atoms with Crippen LogP contribution in [0.3, 0.4) is 0 Å². The molecular weight excluding hydrogens is 232 g/mol. The summed E-state index contributed by atoms with van der Waals surface area (Å²) in [7, 11) is 3.26. The van der Waals surface area contributed by atoms with Crippen LogP contribution >= 0.6 is 0 Å². The molecule has 5 nitrogen and oxygen atoms in total. The summed E-state index contributed by atoms with van der Waals surface area (Å²) in [5.74, 6) is 1.38. The van der Waals surface area contributed by atoms with E-state index in [1.165, 1.54) is 0 Å². The Hall–Kier alpha value is -1.77. The van der Waals surface area contributed by atoms with Gasteiger partial charge in [0.05, 0.1) is 13.7 Å². The summed E-state index contributed by atoms with van der Waals surface area (Å²) in [6, 6.07) is 7.53. The highest BCUT2D eigenvalue weighted by atomic mass is 16.5. The molecule has 0 amide bonds. The predicted molar refractivity (Wildman–Crippen MR) is 67.7 cm³/mol. The molecule has 1 aromatic rings. The minimum Gasteiger partial charge on any atom is -0.497 e. The Bertz CT molecular complexity index is 402. The van der Waals surface area contributed by atoms with Crippen LogP contribution < -0.4 is 14.8 Å². The molecule has 0 spiro atoms. The van der Waals surface area contributed by atoms with Crippen LogP contribution in [0.5, 0.6) is 11.5 Å². The van der Waals surface area contributed by atoms with E-state index in [4.69, 9.17) is 19.5 Å². The van der Waals surface area contributed by atoms with Crippen molar-refractivity contribution in [2.75, 3.05) is 34.0 Å². The highest BCUT2D eigenvalue weighted by Crippen LogP contribution is 2.24. The number of nitrogens with zero attached hydrogens (tertiary/aromatic N) is 1. The molecule has 0 unspecified atom stereocenters. The summed E-state index contributed by atoms with van der Waals surface area (Å²) in [6.07, 6.45) is 0. The van der Waals surface area contributed by atoms with E-state index in [9.17, 15) is 0 Å². The van der Waals surface area contributed by atoms with E-state index in [-0.39, 0.29) is 6.61 Å². The highest BCUT2D eigenvalue weighted by Gasteiger charge is 2.05. The maximum atomic E-state index is 8.55. The van der Waals surface area contributed by atoms with Crippen LogP contribution in [0.25, 0.3) is 0 Å². The van der Waals surface area contributed by atoms with Gasteiger partial charge in [-0.05, 0) is 6.07 Å². The third-order valence-corrected chi connectivity index (χ3v) is 2.36. The largest absolute Gasteiger partial charge is 0.497 e. The van der Waals surface area contributed by atoms with E-state index in [2.05, 4.69) is 5.32 Å². The van der Waals surface area contributed by atoms with Crippen molar-refractivity contribution in [3.63, 3.8) is 0 Å². The van der Waals surface area contributed by atoms with E-state index in [1.54, 1.807) is 20.3 Å². The lowest BCUT2D eigenvalue weighted by Crippen LogP contribution is -2.19. The van der Waals surface area contributed by atoms with Crippen LogP contribution in [0.15, 0.2) is 18.2 Å². The maximum absolute atomic E-state index is 8.55. The van der Waals surface area contributed by atoms with Gasteiger partial charge in [-0.1, -0.05) is 6.07 Å². The van der Waals surface area contributed by atoms with Gasteiger partial charge in [-0.3, -0.25) is 0 Å². The molecule has 0 aliphatic carbocycles. The van der Waals surface area contributed by atoms with Crippen molar-refractivity contribution in [2.45, 2.75) is 6.54 Å². The molecule has 0 aromatic heterocycles. The summed E-state index contributed by atoms with van der Waals surface area (Å²) in [6.45, 7) is 2.11. The molecule has 5 heteroatoms. The van der Waals surface area contributed by atoms with Crippen LogP contribution in [-0.2, 0) is 11.3 Å². The zero-order valence-electron chi connectivity index (χ0n) is 10.7. The number of methoxy groups -OCH3 is 2. The van der Waals surface area contributed by atoms with E-state index >= 15 is 0 Å². The van der Waals surface area contributed by atoms with Gasteiger partial charge in [0.15, 0.2) is 6.61 Å². The second-order valence-electron chi connectivity index (χ2n) is 3.59. The van der Waals surface area contributed by atoms with Crippen molar-refractivity contribution in [3.8, 4) is 17.6 Å². The topological polar surface area (TPSA) is 63.5 Å². The molecule has 18 heavy (non-hydrogen) atoms. The summed E-state index contributed by atoms with van der Waals surface area (Å²) >= 11 is 0.